The maximum atomic E-state index is 2.20. The van der Waals surface area contributed by atoms with E-state index in [-0.39, 0.29) is 16.8 Å². The van der Waals surface area contributed by atoms with Gasteiger partial charge in [-0.2, -0.15) is 17.7 Å². The molecular weight excluding hydrogens is 303 g/mol. The Bertz CT molecular complexity index is 374. The minimum atomic E-state index is 0. The first kappa shape index (κ1) is 20.1. The third-order valence-corrected chi connectivity index (χ3v) is 3.16. The summed E-state index contributed by atoms with van der Waals surface area (Å²) in [6.45, 7) is 2.29. The molecule has 0 amide bonds. The molecule has 0 atom stereocenters. The van der Waals surface area contributed by atoms with Crippen molar-refractivity contribution in [2.75, 3.05) is 41.3 Å². The van der Waals surface area contributed by atoms with Crippen LogP contribution in [-0.4, -0.2) is 51.1 Å². The molecule has 0 bridgehead atoms. The monoisotopic (exact) mass is 331 g/mol. The van der Waals surface area contributed by atoms with E-state index in [2.05, 4.69) is 86.5 Å². The van der Waals surface area contributed by atoms with Crippen LogP contribution in [0.5, 0.6) is 0 Å². The van der Waals surface area contributed by atoms with Crippen molar-refractivity contribution in [2.45, 2.75) is 12.8 Å². The van der Waals surface area contributed by atoms with Crippen LogP contribution in [0, 0.1) is 0 Å². The number of likely N-dealkylation sites (N-methyl/N-ethyl adjacent to an activating group) is 2. The first-order valence-electron chi connectivity index (χ1n) is 7.28. The zero-order valence-electron chi connectivity index (χ0n) is 13.7. The molecule has 125 valence electrons. The summed E-state index contributed by atoms with van der Waals surface area (Å²) in [4.78, 5) is 4.40. The quantitative estimate of drug-likeness (QED) is 0.751. The number of hydrogen-bond donors (Lipinski definition) is 0. The van der Waals surface area contributed by atoms with Gasteiger partial charge in [-0.05, 0) is 41.3 Å². The van der Waals surface area contributed by atoms with Crippen molar-refractivity contribution < 1.29 is 16.8 Å². The van der Waals surface area contributed by atoms with E-state index in [0.29, 0.717) is 0 Å². The molecule has 0 aromatic heterocycles. The SMILES string of the molecule is CN(C)CC[c-]1[cH-][cH-][cH-][cH-]1.CN(C)CC[c-]1cccc1.[Co]. The van der Waals surface area contributed by atoms with Crippen molar-refractivity contribution in [3.05, 3.63) is 59.7 Å². The van der Waals surface area contributed by atoms with Gasteiger partial charge in [0.2, 0.25) is 0 Å². The van der Waals surface area contributed by atoms with Gasteiger partial charge in [-0.15, -0.1) is 0 Å². The zero-order chi connectivity index (χ0) is 14.8. The normalized spacial score (nSPS) is 10.2. The number of hydrogen-bond acceptors (Lipinski definition) is 2. The minimum absolute atomic E-state index is 0. The molecule has 2 rings (SSSR count). The van der Waals surface area contributed by atoms with Gasteiger partial charge in [0, 0.05) is 16.8 Å². The van der Waals surface area contributed by atoms with Crippen molar-refractivity contribution in [1.82, 2.24) is 9.80 Å². The molecule has 0 unspecified atom stereocenters. The Balaban J connectivity index is 0.000000364. The Labute approximate surface area is 140 Å². The number of rotatable bonds is 6. The van der Waals surface area contributed by atoms with Gasteiger partial charge in [-0.1, -0.05) is 6.42 Å². The molecule has 0 saturated heterocycles. The van der Waals surface area contributed by atoms with Gasteiger partial charge >= 0.3 is 0 Å². The Morgan fingerprint density at radius 2 is 1.29 bits per heavy atom. The van der Waals surface area contributed by atoms with Gasteiger partial charge in [0.25, 0.3) is 0 Å². The molecule has 2 aromatic rings. The average Bonchev–Trinajstić information content (AvgIpc) is 3.08. The zero-order valence-corrected chi connectivity index (χ0v) is 14.7. The fourth-order valence-electron chi connectivity index (χ4n) is 1.87. The molecule has 1 radical (unpaired) electrons. The van der Waals surface area contributed by atoms with E-state index >= 15 is 0 Å². The van der Waals surface area contributed by atoms with Gasteiger partial charge in [0.1, 0.15) is 0 Å². The third kappa shape index (κ3) is 10.5. The summed E-state index contributed by atoms with van der Waals surface area (Å²) < 4.78 is 0. The molecule has 2 nitrogen and oxygen atoms in total. The summed E-state index contributed by atoms with van der Waals surface area (Å²) in [7, 11) is 8.40. The van der Waals surface area contributed by atoms with Gasteiger partial charge in [-0.25, -0.2) is 18.6 Å². The maximum Gasteiger partial charge on any atom is 0 e. The molecular formula is C18H28CoN2-6. The molecule has 2 aromatic carbocycles. The summed E-state index contributed by atoms with van der Waals surface area (Å²) in [6.07, 6.45) is 2.33. The molecule has 0 spiro atoms. The van der Waals surface area contributed by atoms with E-state index in [1.807, 2.05) is 0 Å². The van der Waals surface area contributed by atoms with Gasteiger partial charge in [-0.3, -0.25) is 0 Å². The molecule has 0 saturated carbocycles. The fraction of sp³-hybridized carbons (Fsp3) is 0.444. The molecule has 0 aliphatic heterocycles. The summed E-state index contributed by atoms with van der Waals surface area (Å²) >= 11 is 0. The van der Waals surface area contributed by atoms with E-state index in [4.69, 9.17) is 0 Å². The van der Waals surface area contributed by atoms with E-state index < -0.39 is 0 Å². The van der Waals surface area contributed by atoms with Crippen molar-refractivity contribution >= 4 is 0 Å². The maximum absolute atomic E-state index is 2.20. The fourth-order valence-corrected chi connectivity index (χ4v) is 1.87. The van der Waals surface area contributed by atoms with Crippen LogP contribution >= 0.6 is 0 Å². The van der Waals surface area contributed by atoms with Gasteiger partial charge < -0.3 is 39.6 Å². The Kier molecular flexibility index (Phi) is 11.3. The van der Waals surface area contributed by atoms with E-state index in [9.17, 15) is 0 Å². The predicted molar refractivity (Wildman–Crippen MR) is 88.6 cm³/mol. The second-order valence-corrected chi connectivity index (χ2v) is 5.69. The molecule has 0 aliphatic rings. The molecule has 21 heavy (non-hydrogen) atoms. The summed E-state index contributed by atoms with van der Waals surface area (Å²) in [5, 5.41) is 0. The molecule has 0 aliphatic carbocycles. The van der Waals surface area contributed by atoms with Crippen LogP contribution in [0.25, 0.3) is 0 Å². The van der Waals surface area contributed by atoms with Crippen LogP contribution in [0.3, 0.4) is 0 Å². The topological polar surface area (TPSA) is 6.48 Å². The summed E-state index contributed by atoms with van der Waals surface area (Å²) in [5.41, 5.74) is 2.88. The van der Waals surface area contributed by atoms with Crippen molar-refractivity contribution in [2.24, 2.45) is 0 Å². The summed E-state index contributed by atoms with van der Waals surface area (Å²) in [5.74, 6) is 0. The van der Waals surface area contributed by atoms with E-state index in [1.54, 1.807) is 0 Å². The molecule has 0 N–H and O–H groups in total. The van der Waals surface area contributed by atoms with Gasteiger partial charge in [0.15, 0.2) is 0 Å². The second-order valence-electron chi connectivity index (χ2n) is 5.69. The first-order valence-corrected chi connectivity index (χ1v) is 7.28. The molecule has 0 fully saturated rings. The largest absolute Gasteiger partial charge is 0.748 e. The summed E-state index contributed by atoms with van der Waals surface area (Å²) in [6, 6.07) is 17.0. The van der Waals surface area contributed by atoms with Crippen LogP contribution in [0.4, 0.5) is 0 Å². The van der Waals surface area contributed by atoms with Crippen LogP contribution in [-0.2, 0) is 29.6 Å². The molecule has 0 heterocycles. The Morgan fingerprint density at radius 1 is 0.810 bits per heavy atom. The van der Waals surface area contributed by atoms with Crippen molar-refractivity contribution in [1.29, 1.82) is 0 Å². The minimum Gasteiger partial charge on any atom is -0.748 e. The van der Waals surface area contributed by atoms with Gasteiger partial charge in [0.05, 0.1) is 0 Å². The third-order valence-electron chi connectivity index (χ3n) is 3.16. The number of nitrogens with zero attached hydrogens (tertiary/aromatic N) is 2. The van der Waals surface area contributed by atoms with Crippen LogP contribution in [0.2, 0.25) is 0 Å². The Morgan fingerprint density at radius 3 is 1.76 bits per heavy atom. The smallest absolute Gasteiger partial charge is 0 e. The van der Waals surface area contributed by atoms with E-state index in [0.717, 1.165) is 13.1 Å². The second kappa shape index (κ2) is 11.8. The molecule has 3 heteroatoms. The van der Waals surface area contributed by atoms with Crippen LogP contribution in [0.1, 0.15) is 11.1 Å². The Hall–Kier alpha value is -0.874. The van der Waals surface area contributed by atoms with E-state index in [1.165, 1.54) is 24.0 Å². The van der Waals surface area contributed by atoms with Crippen LogP contribution < -0.4 is 0 Å². The van der Waals surface area contributed by atoms with Crippen LogP contribution in [0.15, 0.2) is 48.5 Å². The van der Waals surface area contributed by atoms with Crippen molar-refractivity contribution in [3.63, 3.8) is 0 Å². The predicted octanol–water partition coefficient (Wildman–Crippen LogP) is 3.02. The first-order chi connectivity index (χ1) is 9.58. The standard InChI is InChI=1S/2C9H14N.Co/c2*1-10(2)8-7-9-5-3-4-6-9;/h2*3-6H,7-8H2,1-2H3;/q-5;-1;. The van der Waals surface area contributed by atoms with Crippen molar-refractivity contribution in [3.8, 4) is 0 Å². The average molecular weight is 331 g/mol.